The van der Waals surface area contributed by atoms with E-state index in [0.717, 1.165) is 44.5 Å². The lowest BCUT2D eigenvalue weighted by Gasteiger charge is -2.30. The number of nitrogens with one attached hydrogen (secondary N) is 1. The molecule has 0 fully saturated rings. The topological polar surface area (TPSA) is 41.6 Å². The molecule has 0 saturated heterocycles. The van der Waals surface area contributed by atoms with E-state index < -0.39 is 6.36 Å². The number of carbonyl (C=O) groups excluding carboxylic acids is 1. The molecule has 4 nitrogen and oxygen atoms in total. The number of hydrogen-bond acceptors (Lipinski definition) is 3. The van der Waals surface area contributed by atoms with Gasteiger partial charge in [-0.1, -0.05) is 42.5 Å². The number of fused-ring (bicyclic) bond motifs is 1. The highest BCUT2D eigenvalue weighted by atomic mass is 19.4. The van der Waals surface area contributed by atoms with Crippen LogP contribution in [0.25, 0.3) is 0 Å². The summed E-state index contributed by atoms with van der Waals surface area (Å²) in [7, 11) is 2.10. The molecule has 4 rings (SSSR count). The van der Waals surface area contributed by atoms with Crippen LogP contribution in [-0.2, 0) is 25.9 Å². The van der Waals surface area contributed by atoms with Crippen LogP contribution in [-0.4, -0.2) is 30.3 Å². The summed E-state index contributed by atoms with van der Waals surface area (Å²) in [4.78, 5) is 15.1. The molecule has 0 spiro atoms. The molecule has 0 heterocycles. The Morgan fingerprint density at radius 1 is 1.00 bits per heavy atom. The predicted octanol–water partition coefficient (Wildman–Crippen LogP) is 5.81. The average molecular weight is 483 g/mol. The highest BCUT2D eigenvalue weighted by Crippen LogP contribution is 2.29. The highest BCUT2D eigenvalue weighted by Gasteiger charge is 2.31. The summed E-state index contributed by atoms with van der Waals surface area (Å²) in [5.74, 6) is -0.646. The first-order valence-electron chi connectivity index (χ1n) is 11.7. The number of ether oxygens (including phenoxy) is 1. The van der Waals surface area contributed by atoms with Crippen molar-refractivity contribution in [2.24, 2.45) is 0 Å². The van der Waals surface area contributed by atoms with Crippen LogP contribution in [0.15, 0.2) is 66.7 Å². The third-order valence-corrected chi connectivity index (χ3v) is 6.38. The van der Waals surface area contributed by atoms with Gasteiger partial charge in [0.25, 0.3) is 5.91 Å². The molecule has 184 valence electrons. The summed E-state index contributed by atoms with van der Waals surface area (Å²) in [6.45, 7) is 3.77. The lowest BCUT2D eigenvalue weighted by Crippen LogP contribution is -2.39. The number of rotatable bonds is 7. The van der Waals surface area contributed by atoms with Gasteiger partial charge in [-0.15, -0.1) is 13.2 Å². The van der Waals surface area contributed by atoms with Crippen LogP contribution >= 0.6 is 0 Å². The molecule has 1 amide bonds. The molecule has 1 N–H and O–H groups in total. The van der Waals surface area contributed by atoms with E-state index in [1.165, 1.54) is 39.9 Å². The van der Waals surface area contributed by atoms with Crippen LogP contribution in [0.2, 0.25) is 0 Å². The minimum Gasteiger partial charge on any atom is -0.406 e. The van der Waals surface area contributed by atoms with Crippen molar-refractivity contribution in [3.05, 3.63) is 100 Å². The minimum atomic E-state index is -4.76. The predicted molar refractivity (Wildman–Crippen MR) is 129 cm³/mol. The number of amides is 1. The monoisotopic (exact) mass is 482 g/mol. The Morgan fingerprint density at radius 3 is 2.40 bits per heavy atom. The largest absolute Gasteiger partial charge is 0.573 e. The Morgan fingerprint density at radius 2 is 1.71 bits per heavy atom. The molecule has 0 saturated carbocycles. The van der Waals surface area contributed by atoms with Gasteiger partial charge in [-0.2, -0.15) is 0 Å². The van der Waals surface area contributed by atoms with E-state index in [0.29, 0.717) is 5.56 Å². The normalized spacial score (nSPS) is 15.5. The Bertz CT molecular complexity index is 1160. The van der Waals surface area contributed by atoms with Crippen molar-refractivity contribution >= 4 is 5.91 Å². The maximum absolute atomic E-state index is 12.8. The highest BCUT2D eigenvalue weighted by molar-refractivity contribution is 5.94. The third-order valence-electron chi connectivity index (χ3n) is 6.38. The summed E-state index contributed by atoms with van der Waals surface area (Å²) in [6, 6.07) is 19.7. The second-order valence-electron chi connectivity index (χ2n) is 9.14. The fourth-order valence-electron chi connectivity index (χ4n) is 4.72. The lowest BCUT2D eigenvalue weighted by atomic mass is 9.82. The number of carbonyl (C=O) groups is 1. The first-order chi connectivity index (χ1) is 16.7. The Balaban J connectivity index is 1.43. The number of nitrogens with zero attached hydrogens (tertiary/aromatic N) is 1. The van der Waals surface area contributed by atoms with Gasteiger partial charge in [-0.3, -0.25) is 9.69 Å². The molecule has 35 heavy (non-hydrogen) atoms. The average Bonchev–Trinajstić information content (AvgIpc) is 2.81. The molecule has 0 aliphatic heterocycles. The van der Waals surface area contributed by atoms with E-state index in [1.807, 2.05) is 18.2 Å². The molecule has 1 aliphatic rings. The number of halogens is 3. The molecule has 0 radical (unpaired) electrons. The van der Waals surface area contributed by atoms with E-state index in [-0.39, 0.29) is 17.7 Å². The van der Waals surface area contributed by atoms with Crippen LogP contribution < -0.4 is 10.1 Å². The molecule has 0 bridgehead atoms. The van der Waals surface area contributed by atoms with Crippen molar-refractivity contribution in [1.29, 1.82) is 0 Å². The van der Waals surface area contributed by atoms with Crippen LogP contribution in [0, 0.1) is 6.92 Å². The fraction of sp³-hybridized carbons (Fsp3) is 0.321. The quantitative estimate of drug-likeness (QED) is 0.462. The number of hydrogen-bond donors (Lipinski definition) is 1. The number of alkyl halides is 3. The Labute approximate surface area is 203 Å². The first kappa shape index (κ1) is 24.8. The van der Waals surface area contributed by atoms with Crippen LogP contribution in [0.1, 0.15) is 44.6 Å². The third kappa shape index (κ3) is 6.63. The number of aryl methyl sites for hydroxylation is 1. The maximum atomic E-state index is 12.8. The van der Waals surface area contributed by atoms with Gasteiger partial charge in [-0.05, 0) is 85.3 Å². The minimum absolute atomic E-state index is 0.0407. The van der Waals surface area contributed by atoms with Crippen molar-refractivity contribution in [1.82, 2.24) is 10.2 Å². The molecule has 1 aliphatic carbocycles. The van der Waals surface area contributed by atoms with Crippen LogP contribution in [0.3, 0.4) is 0 Å². The van der Waals surface area contributed by atoms with Crippen molar-refractivity contribution in [2.45, 2.75) is 51.7 Å². The Hall–Kier alpha value is -3.32. The van der Waals surface area contributed by atoms with E-state index in [1.54, 1.807) is 0 Å². The van der Waals surface area contributed by atoms with Crippen LogP contribution in [0.5, 0.6) is 5.75 Å². The van der Waals surface area contributed by atoms with Gasteiger partial charge in [0, 0.05) is 24.7 Å². The standard InChI is InChI=1S/C28H29F3N2O2/c1-19-8-9-22(18-33(2)17-20-6-4-3-5-7-20)26-16-23(12-15-25(19)26)32-27(34)21-10-13-24(14-11-21)35-28(29,30)31/h3-11,13-14,23H,12,15-18H2,1-2H3,(H,32,34). The first-order valence-corrected chi connectivity index (χ1v) is 11.7. The summed E-state index contributed by atoms with van der Waals surface area (Å²) in [5, 5.41) is 3.07. The van der Waals surface area contributed by atoms with Crippen LogP contribution in [0.4, 0.5) is 13.2 Å². The summed E-state index contributed by atoms with van der Waals surface area (Å²) in [6.07, 6.45) is -2.34. The lowest BCUT2D eigenvalue weighted by molar-refractivity contribution is -0.274. The van der Waals surface area contributed by atoms with Gasteiger partial charge in [0.1, 0.15) is 5.75 Å². The van der Waals surface area contributed by atoms with Gasteiger partial charge in [0.2, 0.25) is 0 Å². The van der Waals surface area contributed by atoms with E-state index >= 15 is 0 Å². The van der Waals surface area contributed by atoms with Crippen molar-refractivity contribution in [3.63, 3.8) is 0 Å². The zero-order valence-corrected chi connectivity index (χ0v) is 19.9. The van der Waals surface area contributed by atoms with Gasteiger partial charge in [0.15, 0.2) is 0 Å². The maximum Gasteiger partial charge on any atom is 0.573 e. The van der Waals surface area contributed by atoms with Crippen molar-refractivity contribution in [3.8, 4) is 5.75 Å². The molecule has 3 aromatic carbocycles. The second kappa shape index (κ2) is 10.5. The molecular formula is C28H29F3N2O2. The smallest absolute Gasteiger partial charge is 0.406 e. The summed E-state index contributed by atoms with van der Waals surface area (Å²) < 4.78 is 41.0. The Kier molecular flexibility index (Phi) is 7.45. The summed E-state index contributed by atoms with van der Waals surface area (Å²) >= 11 is 0. The van der Waals surface area contributed by atoms with E-state index in [9.17, 15) is 18.0 Å². The molecule has 1 atom stereocenters. The van der Waals surface area contributed by atoms with Gasteiger partial charge in [0.05, 0.1) is 0 Å². The second-order valence-corrected chi connectivity index (χ2v) is 9.14. The molecular weight excluding hydrogens is 453 g/mol. The van der Waals surface area contributed by atoms with Crippen molar-refractivity contribution < 1.29 is 22.7 Å². The van der Waals surface area contributed by atoms with Gasteiger partial charge in [-0.25, -0.2) is 0 Å². The molecule has 1 unspecified atom stereocenters. The molecule has 3 aromatic rings. The van der Waals surface area contributed by atoms with Gasteiger partial charge < -0.3 is 10.1 Å². The molecule has 0 aromatic heterocycles. The van der Waals surface area contributed by atoms with Crippen molar-refractivity contribution in [2.75, 3.05) is 7.05 Å². The molecule has 7 heteroatoms. The SMILES string of the molecule is Cc1ccc(CN(C)Cc2ccccc2)c2c1CCC(NC(=O)c1ccc(OC(F)(F)F)cc1)C2. The van der Waals surface area contributed by atoms with Gasteiger partial charge >= 0.3 is 6.36 Å². The van der Waals surface area contributed by atoms with E-state index in [2.05, 4.69) is 53.2 Å². The van der Waals surface area contributed by atoms with E-state index in [4.69, 9.17) is 0 Å². The summed E-state index contributed by atoms with van der Waals surface area (Å²) in [5.41, 5.74) is 6.73. The number of benzene rings is 3. The zero-order valence-electron chi connectivity index (χ0n) is 19.9. The zero-order chi connectivity index (χ0) is 25.0. The fourth-order valence-corrected chi connectivity index (χ4v) is 4.72.